The second kappa shape index (κ2) is 4.41. The van der Waals surface area contributed by atoms with Crippen LogP contribution < -0.4 is 0 Å². The number of hydrogen-bond acceptors (Lipinski definition) is 1. The molecule has 1 nitrogen and oxygen atoms in total. The van der Waals surface area contributed by atoms with Gasteiger partial charge in [0.05, 0.1) is 4.83 Å². The van der Waals surface area contributed by atoms with Gasteiger partial charge in [-0.2, -0.15) is 0 Å². The number of carbonyl (C=O) groups is 1. The van der Waals surface area contributed by atoms with E-state index in [4.69, 9.17) is 0 Å². The van der Waals surface area contributed by atoms with E-state index in [1.54, 1.807) is 0 Å². The number of halogens is 1. The summed E-state index contributed by atoms with van der Waals surface area (Å²) in [4.78, 5) is 10.2. The molecule has 0 saturated heterocycles. The molecule has 1 radical (unpaired) electrons. The van der Waals surface area contributed by atoms with Crippen LogP contribution in [0, 0.1) is 6.92 Å². The maximum Gasteiger partial charge on any atom is 0.138 e. The van der Waals surface area contributed by atoms with E-state index >= 15 is 0 Å². The molecule has 0 aliphatic carbocycles. The summed E-state index contributed by atoms with van der Waals surface area (Å²) < 4.78 is 0. The van der Waals surface area contributed by atoms with Crippen LogP contribution in [0.15, 0.2) is 24.3 Å². The molecule has 12 heavy (non-hydrogen) atoms. The van der Waals surface area contributed by atoms with Crippen molar-refractivity contribution in [2.45, 2.75) is 11.2 Å². The predicted octanol–water partition coefficient (Wildman–Crippen LogP) is 2.70. The SMILES string of the molecule is [CH2]Cc1ccc(C(Br)C=O)cc1. The minimum absolute atomic E-state index is 0.184. The Morgan fingerprint density at radius 3 is 2.42 bits per heavy atom. The van der Waals surface area contributed by atoms with Gasteiger partial charge in [-0.1, -0.05) is 40.2 Å². The van der Waals surface area contributed by atoms with Crippen molar-refractivity contribution < 1.29 is 4.79 Å². The fraction of sp³-hybridized carbons (Fsp3) is 0.200. The van der Waals surface area contributed by atoms with Gasteiger partial charge in [0.25, 0.3) is 0 Å². The third kappa shape index (κ3) is 2.18. The summed E-state index contributed by atoms with van der Waals surface area (Å²) in [5.74, 6) is 0. The molecule has 1 rings (SSSR count). The van der Waals surface area contributed by atoms with Gasteiger partial charge in [-0.3, -0.25) is 0 Å². The number of rotatable bonds is 3. The fourth-order valence-corrected chi connectivity index (χ4v) is 1.25. The third-order valence-corrected chi connectivity index (χ3v) is 2.45. The highest BCUT2D eigenvalue weighted by Crippen LogP contribution is 2.20. The summed E-state index contributed by atoms with van der Waals surface area (Å²) in [6, 6.07) is 7.85. The molecule has 1 aromatic rings. The van der Waals surface area contributed by atoms with Crippen LogP contribution >= 0.6 is 15.9 Å². The molecule has 2 heteroatoms. The molecule has 0 bridgehead atoms. The Labute approximate surface area is 80.9 Å². The van der Waals surface area contributed by atoms with Gasteiger partial charge in [-0.15, -0.1) is 0 Å². The van der Waals surface area contributed by atoms with Crippen LogP contribution in [-0.4, -0.2) is 6.29 Å². The number of carbonyl (C=O) groups excluding carboxylic acids is 1. The summed E-state index contributed by atoms with van der Waals surface area (Å²) >= 11 is 3.25. The van der Waals surface area contributed by atoms with Crippen LogP contribution in [0.1, 0.15) is 16.0 Å². The van der Waals surface area contributed by atoms with Gasteiger partial charge in [-0.25, -0.2) is 0 Å². The lowest BCUT2D eigenvalue weighted by molar-refractivity contribution is -0.107. The Bertz CT molecular complexity index is 253. The summed E-state index contributed by atoms with van der Waals surface area (Å²) in [6.45, 7) is 3.77. The summed E-state index contributed by atoms with van der Waals surface area (Å²) in [7, 11) is 0. The topological polar surface area (TPSA) is 17.1 Å². The molecule has 1 unspecified atom stereocenters. The van der Waals surface area contributed by atoms with Crippen molar-refractivity contribution in [1.82, 2.24) is 0 Å². The standard InChI is InChI=1S/C10H10BrO/c1-2-8-3-5-9(6-4-8)10(11)7-12/h3-7,10H,1-2H2. The highest BCUT2D eigenvalue weighted by Gasteiger charge is 2.03. The van der Waals surface area contributed by atoms with Gasteiger partial charge in [-0.05, 0) is 24.5 Å². The van der Waals surface area contributed by atoms with Crippen molar-refractivity contribution in [3.63, 3.8) is 0 Å². The third-order valence-electron chi connectivity index (χ3n) is 1.71. The Hall–Kier alpha value is -0.630. The number of aldehydes is 1. The van der Waals surface area contributed by atoms with Crippen molar-refractivity contribution in [2.75, 3.05) is 0 Å². The number of alkyl halides is 1. The van der Waals surface area contributed by atoms with Crippen molar-refractivity contribution in [3.8, 4) is 0 Å². The van der Waals surface area contributed by atoms with E-state index in [0.29, 0.717) is 0 Å². The lowest BCUT2D eigenvalue weighted by atomic mass is 10.1. The lowest BCUT2D eigenvalue weighted by Crippen LogP contribution is -1.90. The van der Waals surface area contributed by atoms with Crippen molar-refractivity contribution in [1.29, 1.82) is 0 Å². The Morgan fingerprint density at radius 1 is 1.42 bits per heavy atom. The zero-order chi connectivity index (χ0) is 8.97. The van der Waals surface area contributed by atoms with E-state index in [0.717, 1.165) is 18.3 Å². The van der Waals surface area contributed by atoms with E-state index in [2.05, 4.69) is 22.9 Å². The van der Waals surface area contributed by atoms with Crippen LogP contribution in [0.5, 0.6) is 0 Å². The van der Waals surface area contributed by atoms with Gasteiger partial charge in [0, 0.05) is 0 Å². The van der Waals surface area contributed by atoms with Gasteiger partial charge in [0.1, 0.15) is 6.29 Å². The van der Waals surface area contributed by atoms with Crippen molar-refractivity contribution in [2.24, 2.45) is 0 Å². The molecule has 0 N–H and O–H groups in total. The highest BCUT2D eigenvalue weighted by atomic mass is 79.9. The van der Waals surface area contributed by atoms with E-state index in [9.17, 15) is 4.79 Å². The summed E-state index contributed by atoms with van der Waals surface area (Å²) in [5, 5.41) is 0. The average molecular weight is 226 g/mol. The first-order valence-electron chi connectivity index (χ1n) is 3.75. The van der Waals surface area contributed by atoms with Gasteiger partial charge < -0.3 is 4.79 Å². The maximum atomic E-state index is 10.4. The zero-order valence-corrected chi connectivity index (χ0v) is 8.25. The smallest absolute Gasteiger partial charge is 0.138 e. The normalized spacial score (nSPS) is 12.5. The molecular weight excluding hydrogens is 216 g/mol. The molecule has 0 heterocycles. The first kappa shape index (κ1) is 9.46. The monoisotopic (exact) mass is 225 g/mol. The van der Waals surface area contributed by atoms with Crippen molar-refractivity contribution >= 4 is 22.2 Å². The van der Waals surface area contributed by atoms with Gasteiger partial charge >= 0.3 is 0 Å². The minimum atomic E-state index is -0.184. The first-order valence-corrected chi connectivity index (χ1v) is 4.67. The van der Waals surface area contributed by atoms with Crippen LogP contribution in [0.2, 0.25) is 0 Å². The Morgan fingerprint density at radius 2 is 2.00 bits per heavy atom. The molecule has 0 spiro atoms. The number of hydrogen-bond donors (Lipinski definition) is 0. The molecule has 0 amide bonds. The van der Waals surface area contributed by atoms with Crippen LogP contribution in [-0.2, 0) is 11.2 Å². The lowest BCUT2D eigenvalue weighted by Gasteiger charge is -2.02. The molecule has 0 aliphatic heterocycles. The first-order chi connectivity index (χ1) is 5.77. The van der Waals surface area contributed by atoms with Gasteiger partial charge in [0.2, 0.25) is 0 Å². The quantitative estimate of drug-likeness (QED) is 0.572. The fourth-order valence-electron chi connectivity index (χ4n) is 0.947. The largest absolute Gasteiger partial charge is 0.302 e. The minimum Gasteiger partial charge on any atom is -0.302 e. The van der Waals surface area contributed by atoms with E-state index in [1.165, 1.54) is 5.56 Å². The second-order valence-electron chi connectivity index (χ2n) is 2.53. The average Bonchev–Trinajstić information content (AvgIpc) is 2.17. The highest BCUT2D eigenvalue weighted by molar-refractivity contribution is 9.09. The molecule has 0 aromatic heterocycles. The summed E-state index contributed by atoms with van der Waals surface area (Å²) in [5.41, 5.74) is 2.17. The second-order valence-corrected chi connectivity index (χ2v) is 3.52. The molecule has 0 aliphatic rings. The number of benzene rings is 1. The molecule has 1 aromatic carbocycles. The van der Waals surface area contributed by atoms with Crippen molar-refractivity contribution in [3.05, 3.63) is 42.3 Å². The molecule has 1 atom stereocenters. The molecule has 63 valence electrons. The van der Waals surface area contributed by atoms with E-state index in [1.807, 2.05) is 24.3 Å². The Balaban J connectivity index is 2.84. The van der Waals surface area contributed by atoms with Crippen LogP contribution in [0.3, 0.4) is 0 Å². The van der Waals surface area contributed by atoms with Crippen LogP contribution in [0.25, 0.3) is 0 Å². The predicted molar refractivity (Wildman–Crippen MR) is 53.2 cm³/mol. The van der Waals surface area contributed by atoms with Gasteiger partial charge in [0.15, 0.2) is 0 Å². The summed E-state index contributed by atoms with van der Waals surface area (Å²) in [6.07, 6.45) is 1.66. The Kier molecular flexibility index (Phi) is 3.48. The molecule has 0 saturated carbocycles. The molecular formula is C10H10BrO. The van der Waals surface area contributed by atoms with Crippen LogP contribution in [0.4, 0.5) is 0 Å². The zero-order valence-electron chi connectivity index (χ0n) is 6.66. The van der Waals surface area contributed by atoms with E-state index < -0.39 is 0 Å². The maximum absolute atomic E-state index is 10.4. The molecule has 0 fully saturated rings. The van der Waals surface area contributed by atoms with E-state index in [-0.39, 0.29) is 4.83 Å².